The minimum Gasteiger partial charge on any atom is -0.374 e. The van der Waals surface area contributed by atoms with Crippen LogP contribution in [0.1, 0.15) is 25.0 Å². The number of carbonyl (C=O) groups is 1. The van der Waals surface area contributed by atoms with Gasteiger partial charge in [0.2, 0.25) is 5.91 Å². The second kappa shape index (κ2) is 6.60. The van der Waals surface area contributed by atoms with Crippen LogP contribution < -0.4 is 0 Å². The summed E-state index contributed by atoms with van der Waals surface area (Å²) in [5.41, 5.74) is 5.50. The molecular formula is C23H33N3OSi. The highest BCUT2D eigenvalue weighted by atomic mass is 28.3. The monoisotopic (exact) mass is 395 g/mol. The lowest BCUT2D eigenvalue weighted by Gasteiger charge is -2.40. The van der Waals surface area contributed by atoms with Crippen molar-refractivity contribution in [2.75, 3.05) is 20.6 Å². The Kier molecular flexibility index (Phi) is 4.59. The molecule has 0 saturated heterocycles. The van der Waals surface area contributed by atoms with E-state index >= 15 is 0 Å². The zero-order chi connectivity index (χ0) is 20.4. The first-order valence-corrected chi connectivity index (χ1v) is 13.9. The maximum atomic E-state index is 13.0. The van der Waals surface area contributed by atoms with Gasteiger partial charge < -0.3 is 9.13 Å². The number of rotatable bonds is 3. The minimum atomic E-state index is -1.49. The molecule has 2 atom stereocenters. The van der Waals surface area contributed by atoms with Crippen LogP contribution in [0.3, 0.4) is 0 Å². The summed E-state index contributed by atoms with van der Waals surface area (Å²) >= 11 is 0. The molecule has 0 N–H and O–H groups in total. The molecule has 150 valence electrons. The molecule has 0 saturated carbocycles. The van der Waals surface area contributed by atoms with Gasteiger partial charge >= 0.3 is 0 Å². The minimum absolute atomic E-state index is 0.0699. The van der Waals surface area contributed by atoms with Gasteiger partial charge in [0.05, 0.1) is 5.92 Å². The normalized spacial score (nSPS) is 22.4. The molecular weight excluding hydrogens is 362 g/mol. The number of hydrogen-bond donors (Lipinski definition) is 0. The molecule has 1 aromatic carbocycles. The van der Waals surface area contributed by atoms with E-state index in [1.54, 1.807) is 0 Å². The fraction of sp³-hybridized carbons (Fsp3) is 0.522. The first-order valence-electron chi connectivity index (χ1n) is 10.4. The molecule has 1 aromatic heterocycles. The van der Waals surface area contributed by atoms with Crippen LogP contribution in [0, 0.1) is 5.92 Å². The SMILES string of the molecule is CC(C)N(C)C(=O)[C@@H]1C=C2c3cccc4c3c(cn4[Si](C)(C)C)C[C@H]2N(C)C1. The van der Waals surface area contributed by atoms with E-state index in [0.29, 0.717) is 6.04 Å². The Labute approximate surface area is 169 Å². The van der Waals surface area contributed by atoms with Crippen LogP contribution in [0.25, 0.3) is 16.5 Å². The molecule has 0 unspecified atom stereocenters. The van der Waals surface area contributed by atoms with Crippen LogP contribution in [0.5, 0.6) is 0 Å². The molecule has 0 radical (unpaired) electrons. The van der Waals surface area contributed by atoms with Crippen molar-refractivity contribution in [3.05, 3.63) is 41.6 Å². The molecule has 1 aliphatic heterocycles. The van der Waals surface area contributed by atoms with Crippen LogP contribution in [0.15, 0.2) is 30.5 Å². The van der Waals surface area contributed by atoms with Gasteiger partial charge in [0, 0.05) is 36.6 Å². The molecule has 2 aromatic rings. The van der Waals surface area contributed by atoms with Gasteiger partial charge in [-0.05, 0) is 56.3 Å². The van der Waals surface area contributed by atoms with Crippen LogP contribution in [0.4, 0.5) is 0 Å². The second-order valence-electron chi connectivity index (χ2n) is 9.83. The molecule has 2 heterocycles. The number of carbonyl (C=O) groups excluding carboxylic acids is 1. The average molecular weight is 396 g/mol. The third-order valence-electron chi connectivity index (χ3n) is 6.55. The van der Waals surface area contributed by atoms with E-state index in [2.05, 4.69) is 80.1 Å². The fourth-order valence-electron chi connectivity index (χ4n) is 4.78. The molecule has 28 heavy (non-hydrogen) atoms. The first-order chi connectivity index (χ1) is 13.1. The number of benzene rings is 1. The summed E-state index contributed by atoms with van der Waals surface area (Å²) in [7, 11) is 2.61. The van der Waals surface area contributed by atoms with Crippen LogP contribution in [-0.4, -0.2) is 60.9 Å². The largest absolute Gasteiger partial charge is 0.374 e. The number of nitrogens with zero attached hydrogens (tertiary/aromatic N) is 3. The van der Waals surface area contributed by atoms with Crippen molar-refractivity contribution in [2.24, 2.45) is 5.92 Å². The lowest BCUT2D eigenvalue weighted by Crippen LogP contribution is -2.48. The number of fused-ring (bicyclic) bond motifs is 2. The van der Waals surface area contributed by atoms with Gasteiger partial charge in [-0.15, -0.1) is 0 Å². The maximum Gasteiger partial charge on any atom is 0.230 e. The summed E-state index contributed by atoms with van der Waals surface area (Å²) in [4.78, 5) is 17.3. The predicted molar refractivity (Wildman–Crippen MR) is 120 cm³/mol. The van der Waals surface area contributed by atoms with E-state index in [4.69, 9.17) is 0 Å². The van der Waals surface area contributed by atoms with E-state index < -0.39 is 8.24 Å². The molecule has 0 fully saturated rings. The van der Waals surface area contributed by atoms with Crippen LogP contribution >= 0.6 is 0 Å². The fourth-order valence-corrected chi connectivity index (χ4v) is 6.24. The zero-order valence-corrected chi connectivity index (χ0v) is 19.3. The third kappa shape index (κ3) is 2.96. The van der Waals surface area contributed by atoms with E-state index in [1.165, 1.54) is 27.6 Å². The van der Waals surface area contributed by atoms with E-state index in [9.17, 15) is 4.79 Å². The van der Waals surface area contributed by atoms with Crippen molar-refractivity contribution < 1.29 is 4.79 Å². The average Bonchev–Trinajstić information content (AvgIpc) is 3.01. The summed E-state index contributed by atoms with van der Waals surface area (Å²) in [6, 6.07) is 7.30. The smallest absolute Gasteiger partial charge is 0.230 e. The highest BCUT2D eigenvalue weighted by Gasteiger charge is 2.37. The van der Waals surface area contributed by atoms with E-state index in [1.807, 2.05) is 11.9 Å². The summed E-state index contributed by atoms with van der Waals surface area (Å²) in [6.45, 7) is 12.1. The number of hydrogen-bond acceptors (Lipinski definition) is 2. The van der Waals surface area contributed by atoms with E-state index in [-0.39, 0.29) is 17.9 Å². The number of aromatic nitrogens is 1. The predicted octanol–water partition coefficient (Wildman–Crippen LogP) is 4.06. The van der Waals surface area contributed by atoms with Crippen LogP contribution in [0.2, 0.25) is 19.6 Å². The Morgan fingerprint density at radius 2 is 1.96 bits per heavy atom. The maximum absolute atomic E-state index is 13.0. The summed E-state index contributed by atoms with van der Waals surface area (Å²) in [6.07, 6.45) is 5.72. The molecule has 4 nitrogen and oxygen atoms in total. The highest BCUT2D eigenvalue weighted by Crippen LogP contribution is 2.42. The molecule has 0 spiro atoms. The molecule has 4 rings (SSSR count). The van der Waals surface area contributed by atoms with Crippen molar-refractivity contribution in [1.82, 2.24) is 14.0 Å². The molecule has 5 heteroatoms. The lowest BCUT2D eigenvalue weighted by atomic mass is 9.79. The lowest BCUT2D eigenvalue weighted by molar-refractivity contribution is -0.134. The van der Waals surface area contributed by atoms with Crippen molar-refractivity contribution in [3.63, 3.8) is 0 Å². The van der Waals surface area contributed by atoms with Crippen molar-refractivity contribution in [2.45, 2.75) is 52.0 Å². The highest BCUT2D eigenvalue weighted by molar-refractivity contribution is 6.75. The van der Waals surface area contributed by atoms with Gasteiger partial charge in [0.1, 0.15) is 0 Å². The second-order valence-corrected chi connectivity index (χ2v) is 14.6. The van der Waals surface area contributed by atoms with Gasteiger partial charge in [-0.2, -0.15) is 0 Å². The summed E-state index contributed by atoms with van der Waals surface area (Å²) < 4.78 is 2.55. The van der Waals surface area contributed by atoms with Crippen molar-refractivity contribution >= 4 is 30.6 Å². The molecule has 2 aliphatic rings. The van der Waals surface area contributed by atoms with Gasteiger partial charge in [0.15, 0.2) is 8.24 Å². The Morgan fingerprint density at radius 1 is 1.25 bits per heavy atom. The Morgan fingerprint density at radius 3 is 2.61 bits per heavy atom. The van der Waals surface area contributed by atoms with Gasteiger partial charge in [-0.1, -0.05) is 37.8 Å². The standard InChI is InChI=1S/C23H33N3OSi/c1-15(2)25(4)23(27)17-11-19-18-9-8-10-20-22(18)16(12-21(19)24(3)13-17)14-26(20)28(5,6)7/h8-11,14-15,17,21H,12-13H2,1-7H3/t17-,21-/m1/s1. The summed E-state index contributed by atoms with van der Waals surface area (Å²) in [5, 5.41) is 1.41. The van der Waals surface area contributed by atoms with Crippen molar-refractivity contribution in [3.8, 4) is 0 Å². The van der Waals surface area contributed by atoms with Gasteiger partial charge in [-0.3, -0.25) is 9.69 Å². The Bertz CT molecular complexity index is 966. The van der Waals surface area contributed by atoms with Gasteiger partial charge in [0.25, 0.3) is 0 Å². The number of amides is 1. The topological polar surface area (TPSA) is 28.5 Å². The van der Waals surface area contributed by atoms with E-state index in [0.717, 1.165) is 13.0 Å². The quantitative estimate of drug-likeness (QED) is 0.733. The Balaban J connectivity index is 1.85. The molecule has 1 amide bonds. The number of likely N-dealkylation sites (N-methyl/N-ethyl adjacent to an activating group) is 1. The first kappa shape index (κ1) is 19.5. The zero-order valence-electron chi connectivity index (χ0n) is 18.3. The Hall–Kier alpha value is -1.85. The van der Waals surface area contributed by atoms with Crippen molar-refractivity contribution in [1.29, 1.82) is 0 Å². The molecule has 1 aliphatic carbocycles. The summed E-state index contributed by atoms with van der Waals surface area (Å²) in [5.74, 6) is 0.157. The third-order valence-corrected chi connectivity index (χ3v) is 8.37. The molecule has 0 bridgehead atoms. The van der Waals surface area contributed by atoms with Crippen LogP contribution in [-0.2, 0) is 11.2 Å². The van der Waals surface area contributed by atoms with Gasteiger partial charge in [-0.25, -0.2) is 0 Å².